The highest BCUT2D eigenvalue weighted by atomic mass is 32.1. The second-order valence-corrected chi connectivity index (χ2v) is 5.40. The van der Waals surface area contributed by atoms with Gasteiger partial charge in [-0.1, -0.05) is 6.92 Å². The molecule has 1 amide bonds. The molecule has 0 aromatic carbocycles. The molecule has 1 unspecified atom stereocenters. The second-order valence-electron chi connectivity index (χ2n) is 4.51. The van der Waals surface area contributed by atoms with E-state index in [9.17, 15) is 22.8 Å². The number of nitrogens with one attached hydrogen (secondary N) is 1. The van der Waals surface area contributed by atoms with Crippen molar-refractivity contribution in [1.29, 1.82) is 0 Å². The molecule has 0 spiro atoms. The quantitative estimate of drug-likeness (QED) is 0.865. The van der Waals surface area contributed by atoms with Gasteiger partial charge in [0.15, 0.2) is 11.5 Å². The minimum absolute atomic E-state index is 0.109. The zero-order chi connectivity index (χ0) is 17.2. The Morgan fingerprint density at radius 1 is 1.48 bits per heavy atom. The summed E-state index contributed by atoms with van der Waals surface area (Å²) in [5, 5.41) is 12.2. The third kappa shape index (κ3) is 3.89. The van der Waals surface area contributed by atoms with Crippen molar-refractivity contribution >= 4 is 23.2 Å². The number of carboxylic acid groups (broad SMARTS) is 1. The second kappa shape index (κ2) is 6.41. The number of nitrogens with zero attached hydrogens (tertiary/aromatic N) is 1. The lowest BCUT2D eigenvalue weighted by molar-refractivity contribution is -0.140. The zero-order valence-corrected chi connectivity index (χ0v) is 12.5. The number of furan rings is 1. The van der Waals surface area contributed by atoms with E-state index in [-0.39, 0.29) is 16.3 Å². The van der Waals surface area contributed by atoms with Crippen molar-refractivity contribution in [1.82, 2.24) is 10.3 Å². The van der Waals surface area contributed by atoms with E-state index in [1.54, 1.807) is 6.92 Å². The number of hydrogen-bond donors (Lipinski definition) is 2. The Kier molecular flexibility index (Phi) is 4.73. The highest BCUT2D eigenvalue weighted by Crippen LogP contribution is 2.32. The number of rotatable bonds is 5. The largest absolute Gasteiger partial charge is 0.478 e. The van der Waals surface area contributed by atoms with Gasteiger partial charge in [-0.3, -0.25) is 4.79 Å². The molecule has 2 aromatic heterocycles. The first-order valence-corrected chi connectivity index (χ1v) is 7.25. The van der Waals surface area contributed by atoms with Crippen LogP contribution in [0.25, 0.3) is 0 Å². The monoisotopic (exact) mass is 348 g/mol. The highest BCUT2D eigenvalue weighted by molar-refractivity contribution is 7.09. The SMILES string of the molecule is CCC(NC(=O)c1cc(C(=O)O)co1)c1nc(C(F)(F)F)cs1. The van der Waals surface area contributed by atoms with Crippen molar-refractivity contribution < 1.29 is 32.3 Å². The molecule has 0 fully saturated rings. The van der Waals surface area contributed by atoms with Gasteiger partial charge in [0.25, 0.3) is 5.91 Å². The van der Waals surface area contributed by atoms with Gasteiger partial charge in [0.05, 0.1) is 11.6 Å². The molecule has 23 heavy (non-hydrogen) atoms. The Balaban J connectivity index is 2.13. The number of aromatic nitrogens is 1. The van der Waals surface area contributed by atoms with Crippen molar-refractivity contribution in [2.45, 2.75) is 25.6 Å². The maximum atomic E-state index is 12.6. The average molecular weight is 348 g/mol. The molecule has 0 saturated carbocycles. The number of thiazole rings is 1. The summed E-state index contributed by atoms with van der Waals surface area (Å²) in [5.74, 6) is -2.23. The minimum Gasteiger partial charge on any atom is -0.478 e. The standard InChI is InChI=1S/C13H11F3N2O4S/c1-2-7(11-18-9(5-23-11)13(14,15)16)17-10(19)8-3-6(4-22-8)12(20)21/h3-5,7H,2H2,1H3,(H,17,19)(H,20,21). The van der Waals surface area contributed by atoms with Crippen molar-refractivity contribution in [3.63, 3.8) is 0 Å². The third-order valence-corrected chi connectivity index (χ3v) is 3.85. The number of carbonyl (C=O) groups is 2. The van der Waals surface area contributed by atoms with E-state index < -0.39 is 29.8 Å². The molecule has 0 aliphatic heterocycles. The Hall–Kier alpha value is -2.36. The predicted molar refractivity (Wildman–Crippen MR) is 73.3 cm³/mol. The molecule has 6 nitrogen and oxygen atoms in total. The van der Waals surface area contributed by atoms with E-state index in [0.29, 0.717) is 6.42 Å². The van der Waals surface area contributed by atoms with Crippen LogP contribution in [0.3, 0.4) is 0 Å². The first-order valence-electron chi connectivity index (χ1n) is 6.37. The molecule has 0 aliphatic rings. The lowest BCUT2D eigenvalue weighted by Crippen LogP contribution is -2.28. The fraction of sp³-hybridized carbons (Fsp3) is 0.308. The molecule has 2 rings (SSSR count). The van der Waals surface area contributed by atoms with Crippen LogP contribution in [0.1, 0.15) is 51.0 Å². The number of alkyl halides is 3. The van der Waals surface area contributed by atoms with Gasteiger partial charge in [0.2, 0.25) is 0 Å². The first kappa shape index (κ1) is 17.0. The van der Waals surface area contributed by atoms with Crippen molar-refractivity contribution in [2.24, 2.45) is 0 Å². The van der Waals surface area contributed by atoms with Crippen LogP contribution in [0, 0.1) is 0 Å². The number of carbonyl (C=O) groups excluding carboxylic acids is 1. The summed E-state index contributed by atoms with van der Waals surface area (Å²) in [6.45, 7) is 1.67. The summed E-state index contributed by atoms with van der Waals surface area (Å²) in [4.78, 5) is 26.2. The summed E-state index contributed by atoms with van der Waals surface area (Å²) >= 11 is 0.786. The van der Waals surface area contributed by atoms with Gasteiger partial charge in [-0.2, -0.15) is 13.2 Å². The molecule has 124 valence electrons. The van der Waals surface area contributed by atoms with Gasteiger partial charge in [0, 0.05) is 11.4 Å². The maximum absolute atomic E-state index is 12.6. The van der Waals surface area contributed by atoms with Gasteiger partial charge in [0.1, 0.15) is 11.3 Å². The van der Waals surface area contributed by atoms with Gasteiger partial charge in [-0.15, -0.1) is 11.3 Å². The number of amides is 1. The number of aromatic carboxylic acids is 1. The van der Waals surface area contributed by atoms with Crippen molar-refractivity contribution in [3.05, 3.63) is 39.7 Å². The zero-order valence-electron chi connectivity index (χ0n) is 11.7. The van der Waals surface area contributed by atoms with E-state index in [0.717, 1.165) is 29.0 Å². The predicted octanol–water partition coefficient (Wildman–Crippen LogP) is 3.33. The van der Waals surface area contributed by atoms with E-state index in [4.69, 9.17) is 9.52 Å². The van der Waals surface area contributed by atoms with E-state index in [1.165, 1.54) is 0 Å². The van der Waals surface area contributed by atoms with Gasteiger partial charge >= 0.3 is 12.1 Å². The van der Waals surface area contributed by atoms with Crippen LogP contribution in [0.2, 0.25) is 0 Å². The Labute approximate surface area is 131 Å². The van der Waals surface area contributed by atoms with Crippen LogP contribution in [0.5, 0.6) is 0 Å². The van der Waals surface area contributed by atoms with Crippen LogP contribution in [0.15, 0.2) is 22.1 Å². The summed E-state index contributed by atoms with van der Waals surface area (Å²) in [6, 6.07) is 0.301. The number of carboxylic acids is 1. The molecule has 0 radical (unpaired) electrons. The third-order valence-electron chi connectivity index (χ3n) is 2.89. The summed E-state index contributed by atoms with van der Waals surface area (Å²) in [6.07, 6.45) is -3.33. The fourth-order valence-corrected chi connectivity index (χ4v) is 2.67. The first-order chi connectivity index (χ1) is 10.7. The summed E-state index contributed by atoms with van der Waals surface area (Å²) in [5.41, 5.74) is -1.21. The van der Waals surface area contributed by atoms with E-state index >= 15 is 0 Å². The Bertz CT molecular complexity index is 723. The Morgan fingerprint density at radius 2 is 2.17 bits per heavy atom. The molecule has 0 saturated heterocycles. The van der Waals surface area contributed by atoms with Gasteiger partial charge in [-0.25, -0.2) is 9.78 Å². The van der Waals surface area contributed by atoms with Gasteiger partial charge in [-0.05, 0) is 6.42 Å². The molecule has 1 atom stereocenters. The molecule has 2 heterocycles. The topological polar surface area (TPSA) is 92.4 Å². The number of halogens is 3. The molecule has 10 heteroatoms. The molecule has 0 bridgehead atoms. The van der Waals surface area contributed by atoms with Crippen LogP contribution in [-0.4, -0.2) is 22.0 Å². The van der Waals surface area contributed by atoms with Gasteiger partial charge < -0.3 is 14.8 Å². The summed E-state index contributed by atoms with van der Waals surface area (Å²) in [7, 11) is 0. The lowest BCUT2D eigenvalue weighted by atomic mass is 10.2. The number of hydrogen-bond acceptors (Lipinski definition) is 5. The maximum Gasteiger partial charge on any atom is 0.434 e. The minimum atomic E-state index is -4.55. The van der Waals surface area contributed by atoms with Crippen LogP contribution in [0.4, 0.5) is 13.2 Å². The van der Waals surface area contributed by atoms with Crippen molar-refractivity contribution in [2.75, 3.05) is 0 Å². The molecule has 2 aromatic rings. The highest BCUT2D eigenvalue weighted by Gasteiger charge is 2.34. The average Bonchev–Trinajstić information content (AvgIpc) is 3.12. The molecule has 2 N–H and O–H groups in total. The fourth-order valence-electron chi connectivity index (χ4n) is 1.71. The molecular weight excluding hydrogens is 337 g/mol. The molecular formula is C13H11F3N2O4S. The Morgan fingerprint density at radius 3 is 2.65 bits per heavy atom. The smallest absolute Gasteiger partial charge is 0.434 e. The van der Waals surface area contributed by atoms with Crippen LogP contribution < -0.4 is 5.32 Å². The molecule has 0 aliphatic carbocycles. The van der Waals surface area contributed by atoms with Crippen molar-refractivity contribution in [3.8, 4) is 0 Å². The summed E-state index contributed by atoms with van der Waals surface area (Å²) < 4.78 is 42.5. The van der Waals surface area contributed by atoms with E-state index in [1.807, 2.05) is 0 Å². The normalized spacial score (nSPS) is 12.9. The van der Waals surface area contributed by atoms with Crippen LogP contribution in [-0.2, 0) is 6.18 Å². The lowest BCUT2D eigenvalue weighted by Gasteiger charge is -2.13. The van der Waals surface area contributed by atoms with Crippen LogP contribution >= 0.6 is 11.3 Å². The van der Waals surface area contributed by atoms with E-state index in [2.05, 4.69) is 10.3 Å².